The van der Waals surface area contributed by atoms with Gasteiger partial charge in [0.05, 0.1) is 18.8 Å². The van der Waals surface area contributed by atoms with E-state index in [1.165, 1.54) is 24.0 Å². The lowest BCUT2D eigenvalue weighted by Gasteiger charge is -2.35. The van der Waals surface area contributed by atoms with Crippen molar-refractivity contribution in [2.24, 2.45) is 0 Å². The van der Waals surface area contributed by atoms with Gasteiger partial charge in [-0.3, -0.25) is 14.8 Å². The molecule has 3 aromatic rings. The van der Waals surface area contributed by atoms with Crippen LogP contribution in [0.3, 0.4) is 0 Å². The molecule has 0 saturated carbocycles. The SMILES string of the molecule is COc1ccc(C)cc1CN1CCCC[C@@H]1c1cc2nc(C)cc(=O)n2[nH]1. The molecule has 0 amide bonds. The van der Waals surface area contributed by atoms with E-state index in [1.807, 2.05) is 19.1 Å². The van der Waals surface area contributed by atoms with Crippen LogP contribution in [0.25, 0.3) is 5.65 Å². The zero-order valence-electron chi connectivity index (χ0n) is 16.2. The number of piperidine rings is 1. The number of hydrogen-bond donors (Lipinski definition) is 1. The van der Waals surface area contributed by atoms with Crippen molar-refractivity contribution in [1.29, 1.82) is 0 Å². The molecule has 3 heterocycles. The molecule has 4 rings (SSSR count). The third-order valence-corrected chi connectivity index (χ3v) is 5.38. The minimum absolute atomic E-state index is 0.0635. The fourth-order valence-corrected chi connectivity index (χ4v) is 4.08. The average molecular weight is 366 g/mol. The van der Waals surface area contributed by atoms with Gasteiger partial charge < -0.3 is 4.74 Å². The minimum Gasteiger partial charge on any atom is -0.496 e. The molecule has 27 heavy (non-hydrogen) atoms. The van der Waals surface area contributed by atoms with Gasteiger partial charge in [0.25, 0.3) is 5.56 Å². The van der Waals surface area contributed by atoms with Gasteiger partial charge in [-0.1, -0.05) is 24.1 Å². The fourth-order valence-electron chi connectivity index (χ4n) is 4.08. The van der Waals surface area contributed by atoms with Crippen LogP contribution in [0.2, 0.25) is 0 Å². The van der Waals surface area contributed by atoms with E-state index < -0.39 is 0 Å². The quantitative estimate of drug-likeness (QED) is 0.769. The second kappa shape index (κ2) is 7.19. The van der Waals surface area contributed by atoms with E-state index in [0.717, 1.165) is 36.6 Å². The summed E-state index contributed by atoms with van der Waals surface area (Å²) >= 11 is 0. The van der Waals surface area contributed by atoms with E-state index in [0.29, 0.717) is 5.65 Å². The standard InChI is InChI=1S/C21H26N4O2/c1-14-7-8-19(27-3)16(10-14)13-24-9-5-4-6-18(24)17-12-20-22-15(2)11-21(26)25(20)23-17/h7-8,10-12,18,23H,4-6,9,13H2,1-3H3/t18-/m1/s1. The molecule has 1 aliphatic rings. The summed E-state index contributed by atoms with van der Waals surface area (Å²) in [7, 11) is 1.72. The first kappa shape index (κ1) is 17.8. The molecule has 0 unspecified atom stereocenters. The number of nitrogens with zero attached hydrogens (tertiary/aromatic N) is 3. The van der Waals surface area contributed by atoms with Crippen LogP contribution in [-0.2, 0) is 6.54 Å². The number of likely N-dealkylation sites (tertiary alicyclic amines) is 1. The van der Waals surface area contributed by atoms with Crippen molar-refractivity contribution in [2.75, 3.05) is 13.7 Å². The Morgan fingerprint density at radius 1 is 1.22 bits per heavy atom. The summed E-state index contributed by atoms with van der Waals surface area (Å²) in [4.78, 5) is 19.2. The molecule has 142 valence electrons. The van der Waals surface area contributed by atoms with Gasteiger partial charge in [-0.15, -0.1) is 0 Å². The maximum absolute atomic E-state index is 12.3. The number of methoxy groups -OCH3 is 1. The van der Waals surface area contributed by atoms with Crippen LogP contribution >= 0.6 is 0 Å². The van der Waals surface area contributed by atoms with Crippen LogP contribution in [0.1, 0.15) is 47.8 Å². The van der Waals surface area contributed by atoms with Crippen LogP contribution in [0.5, 0.6) is 5.75 Å². The lowest BCUT2D eigenvalue weighted by molar-refractivity contribution is 0.135. The third-order valence-electron chi connectivity index (χ3n) is 5.38. The van der Waals surface area contributed by atoms with Crippen LogP contribution in [0.4, 0.5) is 0 Å². The summed E-state index contributed by atoms with van der Waals surface area (Å²) in [6.45, 7) is 5.81. The van der Waals surface area contributed by atoms with Crippen molar-refractivity contribution < 1.29 is 4.74 Å². The van der Waals surface area contributed by atoms with Crippen LogP contribution < -0.4 is 10.3 Å². The van der Waals surface area contributed by atoms with Gasteiger partial charge in [0, 0.05) is 29.9 Å². The number of nitrogens with one attached hydrogen (secondary N) is 1. The normalized spacial score (nSPS) is 18.1. The number of ether oxygens (including phenoxy) is 1. The lowest BCUT2D eigenvalue weighted by Crippen LogP contribution is -2.33. The first-order valence-electron chi connectivity index (χ1n) is 9.52. The summed E-state index contributed by atoms with van der Waals surface area (Å²) in [6.07, 6.45) is 3.43. The van der Waals surface area contributed by atoms with Crippen LogP contribution in [-0.4, -0.2) is 33.2 Å². The molecule has 1 aromatic carbocycles. The average Bonchev–Trinajstić information content (AvgIpc) is 3.06. The maximum Gasteiger partial charge on any atom is 0.272 e. The van der Waals surface area contributed by atoms with Gasteiger partial charge in [-0.25, -0.2) is 9.50 Å². The van der Waals surface area contributed by atoms with Gasteiger partial charge in [0.2, 0.25) is 0 Å². The van der Waals surface area contributed by atoms with Crippen LogP contribution in [0.15, 0.2) is 35.1 Å². The molecule has 0 bridgehead atoms. The molecule has 1 N–H and O–H groups in total. The maximum atomic E-state index is 12.3. The molecule has 1 aliphatic heterocycles. The number of aromatic amines is 1. The minimum atomic E-state index is -0.0635. The van der Waals surface area contributed by atoms with Gasteiger partial charge in [-0.2, -0.15) is 0 Å². The number of H-pyrrole nitrogens is 1. The Balaban J connectivity index is 1.68. The predicted octanol–water partition coefficient (Wildman–Crippen LogP) is 3.38. The fraction of sp³-hybridized carbons (Fsp3) is 0.429. The summed E-state index contributed by atoms with van der Waals surface area (Å²) < 4.78 is 7.11. The summed E-state index contributed by atoms with van der Waals surface area (Å²) in [5.74, 6) is 0.926. The molecule has 6 nitrogen and oxygen atoms in total. The van der Waals surface area contributed by atoms with Crippen molar-refractivity contribution >= 4 is 5.65 Å². The molecule has 2 aromatic heterocycles. The topological polar surface area (TPSA) is 62.6 Å². The van der Waals surface area contributed by atoms with E-state index in [2.05, 4.69) is 34.0 Å². The second-order valence-corrected chi connectivity index (χ2v) is 7.44. The molecular formula is C21H26N4O2. The molecule has 0 aliphatic carbocycles. The number of benzene rings is 1. The Morgan fingerprint density at radius 3 is 2.89 bits per heavy atom. The van der Waals surface area contributed by atoms with Crippen LogP contribution in [0, 0.1) is 13.8 Å². The molecule has 0 spiro atoms. The largest absolute Gasteiger partial charge is 0.496 e. The highest BCUT2D eigenvalue weighted by atomic mass is 16.5. The Morgan fingerprint density at radius 2 is 2.07 bits per heavy atom. The number of rotatable bonds is 4. The number of aryl methyl sites for hydroxylation is 2. The highest BCUT2D eigenvalue weighted by molar-refractivity contribution is 5.41. The van der Waals surface area contributed by atoms with E-state index in [9.17, 15) is 4.79 Å². The van der Waals surface area contributed by atoms with Crippen molar-refractivity contribution in [3.63, 3.8) is 0 Å². The van der Waals surface area contributed by atoms with Crippen molar-refractivity contribution in [1.82, 2.24) is 19.5 Å². The Kier molecular flexibility index (Phi) is 4.74. The Labute approximate surface area is 158 Å². The highest BCUT2D eigenvalue weighted by Crippen LogP contribution is 2.33. The molecule has 1 atom stereocenters. The Hall–Kier alpha value is -2.60. The smallest absolute Gasteiger partial charge is 0.272 e. The molecule has 1 fully saturated rings. The van der Waals surface area contributed by atoms with E-state index in [-0.39, 0.29) is 11.6 Å². The summed E-state index contributed by atoms with van der Waals surface area (Å²) in [6, 6.07) is 10.1. The third kappa shape index (κ3) is 3.49. The summed E-state index contributed by atoms with van der Waals surface area (Å²) in [5, 5.41) is 3.29. The Bertz CT molecular complexity index is 1020. The van der Waals surface area contributed by atoms with Gasteiger partial charge in [-0.05, 0) is 39.3 Å². The van der Waals surface area contributed by atoms with E-state index in [1.54, 1.807) is 17.7 Å². The van der Waals surface area contributed by atoms with Crippen molar-refractivity contribution in [2.45, 2.75) is 45.7 Å². The first-order valence-corrected chi connectivity index (χ1v) is 9.52. The number of aromatic nitrogens is 3. The number of fused-ring (bicyclic) bond motifs is 1. The van der Waals surface area contributed by atoms with Gasteiger partial charge >= 0.3 is 0 Å². The molecule has 0 radical (unpaired) electrons. The van der Waals surface area contributed by atoms with Crippen molar-refractivity contribution in [3.8, 4) is 5.75 Å². The first-order chi connectivity index (χ1) is 13.0. The molecular weight excluding hydrogens is 340 g/mol. The predicted molar refractivity (Wildman–Crippen MR) is 105 cm³/mol. The molecule has 1 saturated heterocycles. The van der Waals surface area contributed by atoms with Gasteiger partial charge in [0.15, 0.2) is 5.65 Å². The zero-order chi connectivity index (χ0) is 19.0. The van der Waals surface area contributed by atoms with Gasteiger partial charge in [0.1, 0.15) is 5.75 Å². The monoisotopic (exact) mass is 366 g/mol. The second-order valence-electron chi connectivity index (χ2n) is 7.44. The highest BCUT2D eigenvalue weighted by Gasteiger charge is 2.26. The van der Waals surface area contributed by atoms with E-state index >= 15 is 0 Å². The number of hydrogen-bond acceptors (Lipinski definition) is 4. The summed E-state index contributed by atoms with van der Waals surface area (Å²) in [5.41, 5.74) is 4.86. The van der Waals surface area contributed by atoms with E-state index in [4.69, 9.17) is 4.74 Å². The zero-order valence-corrected chi connectivity index (χ0v) is 16.2. The molecule has 6 heteroatoms. The lowest BCUT2D eigenvalue weighted by atomic mass is 9.98. The van der Waals surface area contributed by atoms with Crippen molar-refractivity contribution in [3.05, 3.63) is 63.2 Å².